The van der Waals surface area contributed by atoms with E-state index in [9.17, 15) is 10.1 Å². The molecular formula is C18H22N4O2. The molecule has 0 radical (unpaired) electrons. The van der Waals surface area contributed by atoms with Crippen LogP contribution >= 0.6 is 0 Å². The van der Waals surface area contributed by atoms with Crippen LogP contribution in [0.5, 0.6) is 0 Å². The third kappa shape index (κ3) is 4.55. The first-order valence-electron chi connectivity index (χ1n) is 7.74. The summed E-state index contributed by atoms with van der Waals surface area (Å²) < 4.78 is 0. The molecule has 0 fully saturated rings. The van der Waals surface area contributed by atoms with Gasteiger partial charge in [0.05, 0.1) is 4.92 Å². The van der Waals surface area contributed by atoms with Crippen LogP contribution in [0.4, 0.5) is 5.69 Å². The van der Waals surface area contributed by atoms with E-state index in [1.54, 1.807) is 25.2 Å². The van der Waals surface area contributed by atoms with Gasteiger partial charge < -0.3 is 10.6 Å². The van der Waals surface area contributed by atoms with Gasteiger partial charge in [0, 0.05) is 31.8 Å². The minimum atomic E-state index is -0.372. The summed E-state index contributed by atoms with van der Waals surface area (Å²) >= 11 is 0. The number of nitro benzene ring substituents is 1. The molecule has 6 heteroatoms. The molecule has 2 rings (SSSR count). The molecule has 0 bridgehead atoms. The number of para-hydroxylation sites is 1. The number of nitrogens with zero attached hydrogens (tertiary/aromatic N) is 2. The SMILES string of the molecule is CN=C(NCc1ccc(C)cc1C)NCc1ccccc1[N+](=O)[O-]. The Morgan fingerprint density at radius 3 is 2.38 bits per heavy atom. The van der Waals surface area contributed by atoms with E-state index in [4.69, 9.17) is 0 Å². The maximum absolute atomic E-state index is 11.0. The standard InChI is InChI=1S/C18H22N4O2/c1-13-8-9-15(14(2)10-13)11-20-18(19-3)21-12-16-6-4-5-7-17(16)22(23)24/h4-10H,11-12H2,1-3H3,(H2,19,20,21). The van der Waals surface area contributed by atoms with Crippen LogP contribution in [0.25, 0.3) is 0 Å². The molecule has 126 valence electrons. The van der Waals surface area contributed by atoms with Crippen molar-refractivity contribution >= 4 is 11.6 Å². The molecule has 0 aliphatic carbocycles. The first kappa shape index (κ1) is 17.5. The molecule has 0 aliphatic rings. The van der Waals surface area contributed by atoms with Crippen LogP contribution < -0.4 is 10.6 Å². The summed E-state index contributed by atoms with van der Waals surface area (Å²) in [7, 11) is 1.68. The van der Waals surface area contributed by atoms with Gasteiger partial charge in [0.15, 0.2) is 5.96 Å². The van der Waals surface area contributed by atoms with E-state index >= 15 is 0 Å². The molecule has 0 saturated carbocycles. The maximum atomic E-state index is 11.0. The Morgan fingerprint density at radius 2 is 1.75 bits per heavy atom. The zero-order valence-electron chi connectivity index (χ0n) is 14.2. The second-order valence-electron chi connectivity index (χ2n) is 5.60. The zero-order chi connectivity index (χ0) is 17.5. The van der Waals surface area contributed by atoms with E-state index in [1.165, 1.54) is 22.8 Å². The molecule has 2 aromatic rings. The fourth-order valence-corrected chi connectivity index (χ4v) is 2.46. The van der Waals surface area contributed by atoms with Gasteiger partial charge in [0.25, 0.3) is 5.69 Å². The van der Waals surface area contributed by atoms with Gasteiger partial charge in [-0.25, -0.2) is 0 Å². The average molecular weight is 326 g/mol. The number of rotatable bonds is 5. The van der Waals surface area contributed by atoms with E-state index in [1.807, 2.05) is 0 Å². The Kier molecular flexibility index (Phi) is 5.89. The summed E-state index contributed by atoms with van der Waals surface area (Å²) in [6, 6.07) is 13.0. The molecule has 0 aromatic heterocycles. The highest BCUT2D eigenvalue weighted by molar-refractivity contribution is 5.79. The Labute approximate surface area is 141 Å². The third-order valence-corrected chi connectivity index (χ3v) is 3.80. The maximum Gasteiger partial charge on any atom is 0.274 e. The molecule has 0 amide bonds. The van der Waals surface area contributed by atoms with E-state index in [-0.39, 0.29) is 10.6 Å². The summed E-state index contributed by atoms with van der Waals surface area (Å²) in [4.78, 5) is 14.8. The van der Waals surface area contributed by atoms with E-state index in [0.717, 1.165) is 0 Å². The summed E-state index contributed by atoms with van der Waals surface area (Å²) in [5.41, 5.74) is 4.37. The van der Waals surface area contributed by atoms with E-state index in [0.29, 0.717) is 24.6 Å². The largest absolute Gasteiger partial charge is 0.352 e. The number of guanidine groups is 1. The van der Waals surface area contributed by atoms with Crippen molar-refractivity contribution in [3.63, 3.8) is 0 Å². The van der Waals surface area contributed by atoms with Gasteiger partial charge in [-0.1, -0.05) is 42.0 Å². The zero-order valence-corrected chi connectivity index (χ0v) is 14.2. The van der Waals surface area contributed by atoms with Crippen molar-refractivity contribution in [3.05, 3.63) is 74.8 Å². The highest BCUT2D eigenvalue weighted by atomic mass is 16.6. The summed E-state index contributed by atoms with van der Waals surface area (Å²) in [5, 5.41) is 17.4. The summed E-state index contributed by atoms with van der Waals surface area (Å²) in [5.74, 6) is 0.605. The van der Waals surface area contributed by atoms with Crippen molar-refractivity contribution in [2.75, 3.05) is 7.05 Å². The second-order valence-corrected chi connectivity index (χ2v) is 5.60. The lowest BCUT2D eigenvalue weighted by molar-refractivity contribution is -0.385. The lowest BCUT2D eigenvalue weighted by Crippen LogP contribution is -2.36. The molecule has 0 aliphatic heterocycles. The quantitative estimate of drug-likeness (QED) is 0.383. The van der Waals surface area contributed by atoms with Gasteiger partial charge in [0.2, 0.25) is 0 Å². The van der Waals surface area contributed by atoms with Crippen LogP contribution in [0.15, 0.2) is 47.5 Å². The number of aryl methyl sites for hydroxylation is 2. The highest BCUT2D eigenvalue weighted by Gasteiger charge is 2.12. The minimum Gasteiger partial charge on any atom is -0.352 e. The number of benzene rings is 2. The Balaban J connectivity index is 1.97. The van der Waals surface area contributed by atoms with Gasteiger partial charge in [0.1, 0.15) is 0 Å². The fourth-order valence-electron chi connectivity index (χ4n) is 2.46. The molecule has 0 heterocycles. The first-order chi connectivity index (χ1) is 11.5. The Morgan fingerprint density at radius 1 is 1.08 bits per heavy atom. The van der Waals surface area contributed by atoms with Crippen LogP contribution in [0.1, 0.15) is 22.3 Å². The third-order valence-electron chi connectivity index (χ3n) is 3.80. The van der Waals surface area contributed by atoms with Crippen LogP contribution in [-0.2, 0) is 13.1 Å². The number of aliphatic imine (C=N–C) groups is 1. The summed E-state index contributed by atoms with van der Waals surface area (Å²) in [6.07, 6.45) is 0. The van der Waals surface area contributed by atoms with Gasteiger partial charge in [-0.15, -0.1) is 0 Å². The number of hydrogen-bond acceptors (Lipinski definition) is 3. The number of nitro groups is 1. The monoisotopic (exact) mass is 326 g/mol. The van der Waals surface area contributed by atoms with E-state index in [2.05, 4.69) is 47.7 Å². The van der Waals surface area contributed by atoms with Gasteiger partial charge >= 0.3 is 0 Å². The topological polar surface area (TPSA) is 79.6 Å². The second kappa shape index (κ2) is 8.10. The molecule has 6 nitrogen and oxygen atoms in total. The highest BCUT2D eigenvalue weighted by Crippen LogP contribution is 2.17. The average Bonchev–Trinajstić information content (AvgIpc) is 2.56. The van der Waals surface area contributed by atoms with Crippen LogP contribution in [0, 0.1) is 24.0 Å². The number of hydrogen-bond donors (Lipinski definition) is 2. The molecule has 0 saturated heterocycles. The molecular weight excluding hydrogens is 304 g/mol. The van der Waals surface area contributed by atoms with Crippen molar-refractivity contribution < 1.29 is 4.92 Å². The van der Waals surface area contributed by atoms with Gasteiger partial charge in [-0.2, -0.15) is 0 Å². The van der Waals surface area contributed by atoms with Gasteiger partial charge in [-0.05, 0) is 25.0 Å². The number of nitrogens with one attached hydrogen (secondary N) is 2. The molecule has 0 atom stereocenters. The molecule has 2 N–H and O–H groups in total. The fraction of sp³-hybridized carbons (Fsp3) is 0.278. The summed E-state index contributed by atoms with van der Waals surface area (Å²) in [6.45, 7) is 5.12. The lowest BCUT2D eigenvalue weighted by Gasteiger charge is -2.13. The Bertz CT molecular complexity index is 756. The normalized spacial score (nSPS) is 11.2. The first-order valence-corrected chi connectivity index (χ1v) is 7.74. The van der Waals surface area contributed by atoms with Crippen molar-refractivity contribution in [2.45, 2.75) is 26.9 Å². The predicted molar refractivity (Wildman–Crippen MR) is 96.1 cm³/mol. The van der Waals surface area contributed by atoms with Crippen molar-refractivity contribution in [1.82, 2.24) is 10.6 Å². The predicted octanol–water partition coefficient (Wildman–Crippen LogP) is 3.08. The Hall–Kier alpha value is -2.89. The van der Waals surface area contributed by atoms with Crippen molar-refractivity contribution in [1.29, 1.82) is 0 Å². The van der Waals surface area contributed by atoms with E-state index < -0.39 is 0 Å². The van der Waals surface area contributed by atoms with Crippen molar-refractivity contribution in [3.8, 4) is 0 Å². The van der Waals surface area contributed by atoms with Crippen LogP contribution in [0.2, 0.25) is 0 Å². The molecule has 0 unspecified atom stereocenters. The lowest BCUT2D eigenvalue weighted by atomic mass is 10.1. The van der Waals surface area contributed by atoms with Crippen LogP contribution in [0.3, 0.4) is 0 Å². The van der Waals surface area contributed by atoms with Gasteiger partial charge in [-0.3, -0.25) is 15.1 Å². The minimum absolute atomic E-state index is 0.106. The molecule has 0 spiro atoms. The molecule has 2 aromatic carbocycles. The smallest absolute Gasteiger partial charge is 0.274 e. The van der Waals surface area contributed by atoms with Crippen LogP contribution in [-0.4, -0.2) is 17.9 Å². The molecule has 24 heavy (non-hydrogen) atoms. The van der Waals surface area contributed by atoms with Crippen molar-refractivity contribution in [2.24, 2.45) is 4.99 Å².